The molecule has 1 heterocycles. The maximum atomic E-state index is 12.1. The number of hydrogen-bond acceptors (Lipinski definition) is 2. The summed E-state index contributed by atoms with van der Waals surface area (Å²) in [6.45, 7) is 2.10. The van der Waals surface area contributed by atoms with Gasteiger partial charge < -0.3 is 10.6 Å². The van der Waals surface area contributed by atoms with E-state index in [1.54, 1.807) is 6.20 Å². The molecule has 110 valence electrons. The fourth-order valence-corrected chi connectivity index (χ4v) is 2.31. The number of aryl methyl sites for hydroxylation is 1. The van der Waals surface area contributed by atoms with E-state index in [0.717, 1.165) is 23.0 Å². The first kappa shape index (κ1) is 14.1. The first-order valence-electron chi connectivity index (χ1n) is 7.27. The third kappa shape index (κ3) is 3.06. The number of carbonyl (C=O) groups is 1. The molecule has 0 saturated heterocycles. The molecule has 0 unspecified atom stereocenters. The largest absolute Gasteiger partial charge is 0.323 e. The summed E-state index contributed by atoms with van der Waals surface area (Å²) in [6.07, 6.45) is 2.70. The Kier molecular flexibility index (Phi) is 4.01. The van der Waals surface area contributed by atoms with Crippen LogP contribution in [0.25, 0.3) is 10.9 Å². The summed E-state index contributed by atoms with van der Waals surface area (Å²) in [5.41, 5.74) is 3.48. The van der Waals surface area contributed by atoms with E-state index in [1.807, 2.05) is 54.6 Å². The molecule has 2 amide bonds. The van der Waals surface area contributed by atoms with Crippen LogP contribution < -0.4 is 10.6 Å². The number of rotatable bonds is 3. The summed E-state index contributed by atoms with van der Waals surface area (Å²) < 4.78 is 0. The molecular weight excluding hydrogens is 274 g/mol. The summed E-state index contributed by atoms with van der Waals surface area (Å²) in [5.74, 6) is 0. The van der Waals surface area contributed by atoms with E-state index in [9.17, 15) is 4.79 Å². The molecule has 0 aliphatic carbocycles. The van der Waals surface area contributed by atoms with Crippen molar-refractivity contribution in [3.63, 3.8) is 0 Å². The third-order valence-corrected chi connectivity index (χ3v) is 3.50. The van der Waals surface area contributed by atoms with Gasteiger partial charge in [0.25, 0.3) is 0 Å². The van der Waals surface area contributed by atoms with Gasteiger partial charge in [-0.3, -0.25) is 4.98 Å². The quantitative estimate of drug-likeness (QED) is 0.749. The number of nitrogens with zero attached hydrogens (tertiary/aromatic N) is 1. The summed E-state index contributed by atoms with van der Waals surface area (Å²) in [7, 11) is 0. The number of nitrogens with one attached hydrogen (secondary N) is 2. The van der Waals surface area contributed by atoms with Crippen molar-refractivity contribution in [2.45, 2.75) is 13.3 Å². The fourth-order valence-electron chi connectivity index (χ4n) is 2.31. The molecule has 0 spiro atoms. The minimum absolute atomic E-state index is 0.276. The second-order valence-corrected chi connectivity index (χ2v) is 5.01. The van der Waals surface area contributed by atoms with Crippen molar-refractivity contribution in [2.24, 2.45) is 0 Å². The Labute approximate surface area is 129 Å². The lowest BCUT2D eigenvalue weighted by Crippen LogP contribution is -2.19. The number of carbonyl (C=O) groups excluding carboxylic acids is 1. The van der Waals surface area contributed by atoms with Crippen LogP contribution in [0.1, 0.15) is 12.5 Å². The Morgan fingerprint density at radius 3 is 2.55 bits per heavy atom. The number of para-hydroxylation sites is 1. The van der Waals surface area contributed by atoms with Gasteiger partial charge in [0.2, 0.25) is 0 Å². The summed E-state index contributed by atoms with van der Waals surface area (Å²) in [5, 5.41) is 6.67. The van der Waals surface area contributed by atoms with Gasteiger partial charge in [0.05, 0.1) is 11.2 Å². The number of benzene rings is 2. The summed E-state index contributed by atoms with van der Waals surface area (Å²) >= 11 is 0. The Bertz CT molecular complexity index is 792. The lowest BCUT2D eigenvalue weighted by Gasteiger charge is -2.10. The number of hydrogen-bond donors (Lipinski definition) is 2. The van der Waals surface area contributed by atoms with Crippen molar-refractivity contribution in [3.05, 3.63) is 66.4 Å². The van der Waals surface area contributed by atoms with Gasteiger partial charge in [0.15, 0.2) is 0 Å². The van der Waals surface area contributed by atoms with Crippen molar-refractivity contribution < 1.29 is 4.79 Å². The first-order chi connectivity index (χ1) is 10.8. The standard InChI is InChI=1S/C18H17N3O/c1-2-13-8-10-15(11-9-13)20-18(22)21-16-7-3-5-14-6-4-12-19-17(14)16/h3-12H,2H2,1H3,(H2,20,21,22). The van der Waals surface area contributed by atoms with Crippen molar-refractivity contribution in [1.82, 2.24) is 4.98 Å². The van der Waals surface area contributed by atoms with E-state index < -0.39 is 0 Å². The van der Waals surface area contributed by atoms with Crippen LogP contribution in [0.2, 0.25) is 0 Å². The van der Waals surface area contributed by atoms with Crippen LogP contribution in [-0.2, 0) is 6.42 Å². The SMILES string of the molecule is CCc1ccc(NC(=O)Nc2cccc3cccnc23)cc1. The highest BCUT2D eigenvalue weighted by Crippen LogP contribution is 2.21. The molecule has 2 N–H and O–H groups in total. The predicted molar refractivity (Wildman–Crippen MR) is 90.2 cm³/mol. The predicted octanol–water partition coefficient (Wildman–Crippen LogP) is 4.44. The van der Waals surface area contributed by atoms with Gasteiger partial charge >= 0.3 is 6.03 Å². The molecule has 3 rings (SSSR count). The van der Waals surface area contributed by atoms with E-state index in [1.165, 1.54) is 5.56 Å². The Hall–Kier alpha value is -2.88. The smallest absolute Gasteiger partial charge is 0.308 e. The second-order valence-electron chi connectivity index (χ2n) is 5.01. The minimum Gasteiger partial charge on any atom is -0.308 e. The van der Waals surface area contributed by atoms with Crippen molar-refractivity contribution >= 4 is 28.3 Å². The van der Waals surface area contributed by atoms with Crippen LogP contribution in [0.15, 0.2) is 60.8 Å². The Balaban J connectivity index is 1.75. The molecule has 2 aromatic carbocycles. The van der Waals surface area contributed by atoms with Crippen LogP contribution in [0.5, 0.6) is 0 Å². The maximum absolute atomic E-state index is 12.1. The van der Waals surface area contributed by atoms with Gasteiger partial charge in [0.1, 0.15) is 0 Å². The zero-order valence-electron chi connectivity index (χ0n) is 12.3. The van der Waals surface area contributed by atoms with Gasteiger partial charge in [-0.1, -0.05) is 37.3 Å². The van der Waals surface area contributed by atoms with E-state index in [0.29, 0.717) is 5.69 Å². The zero-order chi connectivity index (χ0) is 15.4. The van der Waals surface area contributed by atoms with E-state index in [4.69, 9.17) is 0 Å². The Morgan fingerprint density at radius 2 is 1.77 bits per heavy atom. The molecule has 0 saturated carbocycles. The number of amides is 2. The average molecular weight is 291 g/mol. The average Bonchev–Trinajstić information content (AvgIpc) is 2.56. The van der Waals surface area contributed by atoms with Crippen LogP contribution in [0.3, 0.4) is 0 Å². The molecule has 0 bridgehead atoms. The molecule has 22 heavy (non-hydrogen) atoms. The highest BCUT2D eigenvalue weighted by Gasteiger charge is 2.06. The first-order valence-corrected chi connectivity index (χ1v) is 7.27. The molecule has 0 atom stereocenters. The Morgan fingerprint density at radius 1 is 1.00 bits per heavy atom. The number of aromatic nitrogens is 1. The van der Waals surface area contributed by atoms with Crippen molar-refractivity contribution in [3.8, 4) is 0 Å². The molecule has 0 fully saturated rings. The molecule has 4 nitrogen and oxygen atoms in total. The van der Waals surface area contributed by atoms with Crippen LogP contribution in [0.4, 0.5) is 16.2 Å². The second kappa shape index (κ2) is 6.26. The fraction of sp³-hybridized carbons (Fsp3) is 0.111. The van der Waals surface area contributed by atoms with Gasteiger partial charge in [-0.15, -0.1) is 0 Å². The normalized spacial score (nSPS) is 10.4. The van der Waals surface area contributed by atoms with Crippen molar-refractivity contribution in [1.29, 1.82) is 0 Å². The van der Waals surface area contributed by atoms with Crippen LogP contribution in [0, 0.1) is 0 Å². The number of urea groups is 1. The van der Waals surface area contributed by atoms with E-state index in [2.05, 4.69) is 22.5 Å². The highest BCUT2D eigenvalue weighted by molar-refractivity contribution is 6.04. The highest BCUT2D eigenvalue weighted by atomic mass is 16.2. The zero-order valence-corrected chi connectivity index (χ0v) is 12.3. The van der Waals surface area contributed by atoms with E-state index >= 15 is 0 Å². The molecule has 4 heteroatoms. The van der Waals surface area contributed by atoms with Gasteiger partial charge in [0, 0.05) is 17.3 Å². The molecule has 1 aromatic heterocycles. The van der Waals surface area contributed by atoms with Gasteiger partial charge in [-0.25, -0.2) is 4.79 Å². The van der Waals surface area contributed by atoms with Crippen LogP contribution in [-0.4, -0.2) is 11.0 Å². The lowest BCUT2D eigenvalue weighted by atomic mass is 10.1. The van der Waals surface area contributed by atoms with Gasteiger partial charge in [-0.2, -0.15) is 0 Å². The van der Waals surface area contributed by atoms with Gasteiger partial charge in [-0.05, 0) is 36.2 Å². The molecule has 0 aliphatic rings. The van der Waals surface area contributed by atoms with Crippen LogP contribution >= 0.6 is 0 Å². The number of pyridine rings is 1. The lowest BCUT2D eigenvalue weighted by molar-refractivity contribution is 0.262. The van der Waals surface area contributed by atoms with E-state index in [-0.39, 0.29) is 6.03 Å². The molecular formula is C18H17N3O. The molecule has 3 aromatic rings. The van der Waals surface area contributed by atoms with Crippen molar-refractivity contribution in [2.75, 3.05) is 10.6 Å². The minimum atomic E-state index is -0.276. The molecule has 0 aliphatic heterocycles. The topological polar surface area (TPSA) is 54.0 Å². The molecule has 0 radical (unpaired) electrons. The number of fused-ring (bicyclic) bond motifs is 1. The number of anilines is 2. The maximum Gasteiger partial charge on any atom is 0.323 e. The summed E-state index contributed by atoms with van der Waals surface area (Å²) in [6, 6.07) is 17.1. The third-order valence-electron chi connectivity index (χ3n) is 3.50. The monoisotopic (exact) mass is 291 g/mol. The summed E-state index contributed by atoms with van der Waals surface area (Å²) in [4.78, 5) is 16.5.